The van der Waals surface area contributed by atoms with Crippen LogP contribution in [0.2, 0.25) is 0 Å². The van der Waals surface area contributed by atoms with E-state index in [1.54, 1.807) is 0 Å². The second-order valence-corrected chi connectivity index (χ2v) is 4.93. The first-order chi connectivity index (χ1) is 7.88. The van der Waals surface area contributed by atoms with Gasteiger partial charge in [0, 0.05) is 23.3 Å². The molecule has 0 aliphatic heterocycles. The van der Waals surface area contributed by atoms with E-state index in [1.807, 2.05) is 12.1 Å². The zero-order valence-electron chi connectivity index (χ0n) is 9.43. The van der Waals surface area contributed by atoms with Gasteiger partial charge in [0.1, 0.15) is 6.29 Å². The molecule has 2 nitrogen and oxygen atoms in total. The SMILES string of the molecule is O=Cc1ccc(N(C2CCC2)C2CC2)cc1. The van der Waals surface area contributed by atoms with Gasteiger partial charge >= 0.3 is 0 Å². The van der Waals surface area contributed by atoms with E-state index in [4.69, 9.17) is 0 Å². The molecule has 1 aromatic rings. The Bertz CT molecular complexity index is 376. The number of benzene rings is 1. The number of rotatable bonds is 4. The molecule has 0 amide bonds. The molecule has 2 aliphatic carbocycles. The van der Waals surface area contributed by atoms with E-state index in [0.29, 0.717) is 0 Å². The second-order valence-electron chi connectivity index (χ2n) is 4.93. The number of hydrogen-bond acceptors (Lipinski definition) is 2. The molecule has 2 heteroatoms. The quantitative estimate of drug-likeness (QED) is 0.719. The first-order valence-electron chi connectivity index (χ1n) is 6.22. The van der Waals surface area contributed by atoms with Crippen LogP contribution >= 0.6 is 0 Å². The smallest absolute Gasteiger partial charge is 0.150 e. The Morgan fingerprint density at radius 2 is 1.62 bits per heavy atom. The first kappa shape index (κ1) is 9.88. The van der Waals surface area contributed by atoms with Crippen LogP contribution in [0.4, 0.5) is 5.69 Å². The Labute approximate surface area is 96.3 Å². The van der Waals surface area contributed by atoms with Gasteiger partial charge in [-0.15, -0.1) is 0 Å². The minimum atomic E-state index is 0.759. The van der Waals surface area contributed by atoms with E-state index in [1.165, 1.54) is 37.8 Å². The van der Waals surface area contributed by atoms with Crippen molar-refractivity contribution in [1.82, 2.24) is 0 Å². The molecule has 0 aromatic heterocycles. The van der Waals surface area contributed by atoms with Crippen molar-refractivity contribution in [2.45, 2.75) is 44.2 Å². The summed E-state index contributed by atoms with van der Waals surface area (Å²) in [7, 11) is 0. The van der Waals surface area contributed by atoms with Gasteiger partial charge in [-0.1, -0.05) is 0 Å². The minimum absolute atomic E-state index is 0.759. The third-order valence-corrected chi connectivity index (χ3v) is 3.74. The van der Waals surface area contributed by atoms with Crippen LogP contribution in [0.25, 0.3) is 0 Å². The van der Waals surface area contributed by atoms with Gasteiger partial charge in [-0.2, -0.15) is 0 Å². The maximum atomic E-state index is 10.6. The van der Waals surface area contributed by atoms with Crippen LogP contribution in [-0.2, 0) is 0 Å². The number of anilines is 1. The predicted octanol–water partition coefficient (Wildman–Crippen LogP) is 3.02. The van der Waals surface area contributed by atoms with Crippen molar-refractivity contribution in [2.75, 3.05) is 4.90 Å². The molecule has 0 atom stereocenters. The fraction of sp³-hybridized carbons (Fsp3) is 0.500. The van der Waals surface area contributed by atoms with Crippen molar-refractivity contribution in [3.63, 3.8) is 0 Å². The second kappa shape index (κ2) is 3.93. The van der Waals surface area contributed by atoms with Gasteiger partial charge in [0.2, 0.25) is 0 Å². The Kier molecular flexibility index (Phi) is 2.43. The van der Waals surface area contributed by atoms with Crippen molar-refractivity contribution < 1.29 is 4.79 Å². The lowest BCUT2D eigenvalue weighted by atomic mass is 9.91. The molecule has 0 unspecified atom stereocenters. The van der Waals surface area contributed by atoms with Gasteiger partial charge in [-0.05, 0) is 56.4 Å². The van der Waals surface area contributed by atoms with Crippen molar-refractivity contribution >= 4 is 12.0 Å². The van der Waals surface area contributed by atoms with Crippen molar-refractivity contribution in [3.8, 4) is 0 Å². The van der Waals surface area contributed by atoms with Gasteiger partial charge in [0.25, 0.3) is 0 Å². The average Bonchev–Trinajstić information content (AvgIpc) is 3.07. The third kappa shape index (κ3) is 1.73. The Morgan fingerprint density at radius 1 is 1.00 bits per heavy atom. The summed E-state index contributed by atoms with van der Waals surface area (Å²) in [5, 5.41) is 0. The van der Waals surface area contributed by atoms with Gasteiger partial charge in [0.05, 0.1) is 0 Å². The molecule has 3 rings (SSSR count). The molecule has 84 valence electrons. The summed E-state index contributed by atoms with van der Waals surface area (Å²) in [6.07, 6.45) is 7.64. The topological polar surface area (TPSA) is 20.3 Å². The molecule has 2 fully saturated rings. The van der Waals surface area contributed by atoms with Crippen LogP contribution in [0.1, 0.15) is 42.5 Å². The molecular formula is C14H17NO. The molecule has 16 heavy (non-hydrogen) atoms. The molecule has 0 heterocycles. The maximum absolute atomic E-state index is 10.6. The standard InChI is InChI=1S/C14H17NO/c16-10-11-4-6-13(7-5-11)15(14-8-9-14)12-2-1-3-12/h4-7,10,12,14H,1-3,8-9H2. The number of carbonyl (C=O) groups is 1. The van der Waals surface area contributed by atoms with Gasteiger partial charge < -0.3 is 4.90 Å². The lowest BCUT2D eigenvalue weighted by molar-refractivity contribution is 0.112. The zero-order valence-corrected chi connectivity index (χ0v) is 9.43. The van der Waals surface area contributed by atoms with Gasteiger partial charge in [-0.3, -0.25) is 4.79 Å². The van der Waals surface area contributed by atoms with Gasteiger partial charge in [-0.25, -0.2) is 0 Å². The molecule has 1 aromatic carbocycles. The summed E-state index contributed by atoms with van der Waals surface area (Å²) in [5.41, 5.74) is 2.07. The van der Waals surface area contributed by atoms with Crippen molar-refractivity contribution in [3.05, 3.63) is 29.8 Å². The number of carbonyl (C=O) groups excluding carboxylic acids is 1. The highest BCUT2D eigenvalue weighted by molar-refractivity contribution is 5.75. The summed E-state index contributed by atoms with van der Waals surface area (Å²) in [6, 6.07) is 9.58. The van der Waals surface area contributed by atoms with Crippen LogP contribution < -0.4 is 4.90 Å². The van der Waals surface area contributed by atoms with Crippen molar-refractivity contribution in [2.24, 2.45) is 0 Å². The van der Waals surface area contributed by atoms with Gasteiger partial charge in [0.15, 0.2) is 0 Å². The van der Waals surface area contributed by atoms with E-state index in [0.717, 1.165) is 23.9 Å². The maximum Gasteiger partial charge on any atom is 0.150 e. The third-order valence-electron chi connectivity index (χ3n) is 3.74. The normalized spacial score (nSPS) is 20.2. The summed E-state index contributed by atoms with van der Waals surface area (Å²) in [5.74, 6) is 0. The van der Waals surface area contributed by atoms with E-state index in [-0.39, 0.29) is 0 Å². The molecule has 2 aliphatic rings. The van der Waals surface area contributed by atoms with Crippen LogP contribution in [0.15, 0.2) is 24.3 Å². The zero-order chi connectivity index (χ0) is 11.0. The van der Waals surface area contributed by atoms with E-state index in [9.17, 15) is 4.79 Å². The average molecular weight is 215 g/mol. The lowest BCUT2D eigenvalue weighted by Gasteiger charge is -2.39. The molecule has 2 saturated carbocycles. The molecule has 0 N–H and O–H groups in total. The molecule has 0 saturated heterocycles. The molecule has 0 radical (unpaired) electrons. The highest BCUT2D eigenvalue weighted by Gasteiger charge is 2.36. The fourth-order valence-corrected chi connectivity index (χ4v) is 2.46. The molecular weight excluding hydrogens is 198 g/mol. The Balaban J connectivity index is 1.83. The summed E-state index contributed by atoms with van der Waals surface area (Å²) in [4.78, 5) is 13.2. The highest BCUT2D eigenvalue weighted by atomic mass is 16.1. The van der Waals surface area contributed by atoms with E-state index in [2.05, 4.69) is 17.0 Å². The predicted molar refractivity (Wildman–Crippen MR) is 65.0 cm³/mol. The van der Waals surface area contributed by atoms with E-state index >= 15 is 0 Å². The number of hydrogen-bond donors (Lipinski definition) is 0. The fourth-order valence-electron chi connectivity index (χ4n) is 2.46. The largest absolute Gasteiger partial charge is 0.366 e. The van der Waals surface area contributed by atoms with Crippen molar-refractivity contribution in [1.29, 1.82) is 0 Å². The van der Waals surface area contributed by atoms with Crippen LogP contribution in [0.3, 0.4) is 0 Å². The summed E-state index contributed by atoms with van der Waals surface area (Å²) in [6.45, 7) is 0. The monoisotopic (exact) mass is 215 g/mol. The number of aldehydes is 1. The lowest BCUT2D eigenvalue weighted by Crippen LogP contribution is -2.41. The number of nitrogens with zero attached hydrogens (tertiary/aromatic N) is 1. The van der Waals surface area contributed by atoms with Crippen LogP contribution in [-0.4, -0.2) is 18.4 Å². The first-order valence-corrected chi connectivity index (χ1v) is 6.22. The summed E-state index contributed by atoms with van der Waals surface area (Å²) < 4.78 is 0. The molecule has 0 bridgehead atoms. The van der Waals surface area contributed by atoms with Crippen LogP contribution in [0.5, 0.6) is 0 Å². The highest BCUT2D eigenvalue weighted by Crippen LogP contribution is 2.39. The minimum Gasteiger partial charge on any atom is -0.366 e. The molecule has 0 spiro atoms. The van der Waals surface area contributed by atoms with Crippen LogP contribution in [0, 0.1) is 0 Å². The van der Waals surface area contributed by atoms with E-state index < -0.39 is 0 Å². The Morgan fingerprint density at radius 3 is 2.06 bits per heavy atom. The Hall–Kier alpha value is -1.31. The summed E-state index contributed by atoms with van der Waals surface area (Å²) >= 11 is 0.